The zero-order valence-corrected chi connectivity index (χ0v) is 11.4. The fraction of sp³-hybridized carbons (Fsp3) is 0.250. The van der Waals surface area contributed by atoms with E-state index < -0.39 is 11.6 Å². The first-order valence-electron chi connectivity index (χ1n) is 6.51. The van der Waals surface area contributed by atoms with Crippen LogP contribution in [-0.2, 0) is 6.54 Å². The molecule has 0 saturated heterocycles. The number of benzene rings is 2. The summed E-state index contributed by atoms with van der Waals surface area (Å²) < 4.78 is 26.3. The van der Waals surface area contributed by atoms with Crippen LogP contribution in [0.4, 0.5) is 8.78 Å². The molecule has 0 aromatic heterocycles. The average molecular weight is 276 g/mol. The lowest BCUT2D eigenvalue weighted by Gasteiger charge is -2.27. The third-order valence-electron chi connectivity index (χ3n) is 3.36. The standard InChI is InChI=1S/C16H18F2N2/c1-20(11-12-5-3-2-4-6-12)16(10-19)13-7-8-14(17)15(18)9-13/h2-9,16H,10-11,19H2,1H3. The minimum atomic E-state index is -0.839. The van der Waals surface area contributed by atoms with Crippen molar-refractivity contribution in [1.29, 1.82) is 0 Å². The van der Waals surface area contributed by atoms with E-state index in [1.807, 2.05) is 42.3 Å². The Balaban J connectivity index is 2.16. The highest BCUT2D eigenvalue weighted by Crippen LogP contribution is 2.22. The SMILES string of the molecule is CN(Cc1ccccc1)C(CN)c1ccc(F)c(F)c1. The van der Waals surface area contributed by atoms with Crippen LogP contribution in [0.25, 0.3) is 0 Å². The van der Waals surface area contributed by atoms with Crippen LogP contribution in [0.15, 0.2) is 48.5 Å². The molecule has 2 rings (SSSR count). The highest BCUT2D eigenvalue weighted by molar-refractivity contribution is 5.22. The summed E-state index contributed by atoms with van der Waals surface area (Å²) in [6.45, 7) is 1.04. The average Bonchev–Trinajstić information content (AvgIpc) is 2.44. The molecule has 4 heteroatoms. The van der Waals surface area contributed by atoms with Gasteiger partial charge in [0.15, 0.2) is 11.6 Å². The minimum Gasteiger partial charge on any atom is -0.329 e. The Morgan fingerprint density at radius 2 is 1.75 bits per heavy atom. The Labute approximate surface area is 117 Å². The summed E-state index contributed by atoms with van der Waals surface area (Å²) in [4.78, 5) is 2.03. The molecular weight excluding hydrogens is 258 g/mol. The Kier molecular flexibility index (Phi) is 4.82. The zero-order chi connectivity index (χ0) is 14.5. The topological polar surface area (TPSA) is 29.3 Å². The van der Waals surface area contributed by atoms with Crippen LogP contribution >= 0.6 is 0 Å². The van der Waals surface area contributed by atoms with Gasteiger partial charge in [0.1, 0.15) is 0 Å². The maximum Gasteiger partial charge on any atom is 0.159 e. The molecule has 2 N–H and O–H groups in total. The second kappa shape index (κ2) is 6.59. The van der Waals surface area contributed by atoms with E-state index in [1.54, 1.807) is 6.07 Å². The molecule has 1 atom stereocenters. The summed E-state index contributed by atoms with van der Waals surface area (Å²) in [5, 5.41) is 0. The van der Waals surface area contributed by atoms with E-state index in [1.165, 1.54) is 6.07 Å². The largest absolute Gasteiger partial charge is 0.329 e. The van der Waals surface area contributed by atoms with Gasteiger partial charge in [0, 0.05) is 19.1 Å². The Morgan fingerprint density at radius 1 is 1.05 bits per heavy atom. The van der Waals surface area contributed by atoms with Gasteiger partial charge < -0.3 is 5.73 Å². The number of hydrogen-bond acceptors (Lipinski definition) is 2. The normalized spacial score (nSPS) is 12.7. The first-order valence-corrected chi connectivity index (χ1v) is 6.51. The Bertz CT molecular complexity index is 558. The van der Waals surface area contributed by atoms with Crippen LogP contribution in [0, 0.1) is 11.6 Å². The highest BCUT2D eigenvalue weighted by atomic mass is 19.2. The molecule has 0 aliphatic carbocycles. The van der Waals surface area contributed by atoms with Crippen molar-refractivity contribution < 1.29 is 8.78 Å². The Hall–Kier alpha value is -1.78. The molecular formula is C16H18F2N2. The zero-order valence-electron chi connectivity index (χ0n) is 11.4. The molecule has 2 nitrogen and oxygen atoms in total. The fourth-order valence-corrected chi connectivity index (χ4v) is 2.27. The molecule has 0 heterocycles. The van der Waals surface area contributed by atoms with E-state index in [2.05, 4.69) is 0 Å². The van der Waals surface area contributed by atoms with Crippen molar-refractivity contribution in [3.63, 3.8) is 0 Å². The molecule has 1 unspecified atom stereocenters. The third-order valence-corrected chi connectivity index (χ3v) is 3.36. The summed E-state index contributed by atoms with van der Waals surface area (Å²) in [5.41, 5.74) is 7.62. The van der Waals surface area contributed by atoms with Crippen LogP contribution in [0.2, 0.25) is 0 Å². The van der Waals surface area contributed by atoms with E-state index in [0.29, 0.717) is 18.7 Å². The second-order valence-corrected chi connectivity index (χ2v) is 4.83. The van der Waals surface area contributed by atoms with Crippen molar-refractivity contribution in [2.45, 2.75) is 12.6 Å². The summed E-state index contributed by atoms with van der Waals surface area (Å²) in [6, 6.07) is 13.7. The van der Waals surface area contributed by atoms with Crippen molar-refractivity contribution in [1.82, 2.24) is 4.90 Å². The fourth-order valence-electron chi connectivity index (χ4n) is 2.27. The lowest BCUT2D eigenvalue weighted by Crippen LogP contribution is -2.30. The summed E-state index contributed by atoms with van der Waals surface area (Å²) in [5.74, 6) is -1.68. The molecule has 0 aliphatic heterocycles. The molecule has 20 heavy (non-hydrogen) atoms. The van der Waals surface area contributed by atoms with E-state index in [0.717, 1.165) is 11.6 Å². The van der Waals surface area contributed by atoms with E-state index in [4.69, 9.17) is 5.73 Å². The van der Waals surface area contributed by atoms with E-state index in [9.17, 15) is 8.78 Å². The van der Waals surface area contributed by atoms with Gasteiger partial charge in [-0.3, -0.25) is 4.90 Å². The number of nitrogens with two attached hydrogens (primary N) is 1. The van der Waals surface area contributed by atoms with Crippen molar-refractivity contribution >= 4 is 0 Å². The molecule has 0 spiro atoms. The number of rotatable bonds is 5. The maximum absolute atomic E-state index is 13.3. The predicted octanol–water partition coefficient (Wildman–Crippen LogP) is 3.10. The Morgan fingerprint density at radius 3 is 2.35 bits per heavy atom. The monoisotopic (exact) mass is 276 g/mol. The number of nitrogens with zero attached hydrogens (tertiary/aromatic N) is 1. The lowest BCUT2D eigenvalue weighted by molar-refractivity contribution is 0.241. The summed E-state index contributed by atoms with van der Waals surface area (Å²) in [6.07, 6.45) is 0. The maximum atomic E-state index is 13.3. The number of halogens is 2. The molecule has 0 saturated carbocycles. The molecule has 2 aromatic carbocycles. The molecule has 106 valence electrons. The third kappa shape index (κ3) is 3.40. The predicted molar refractivity (Wildman–Crippen MR) is 76.1 cm³/mol. The first kappa shape index (κ1) is 14.6. The summed E-state index contributed by atoms with van der Waals surface area (Å²) >= 11 is 0. The van der Waals surface area contributed by atoms with Crippen molar-refractivity contribution in [3.8, 4) is 0 Å². The molecule has 0 radical (unpaired) electrons. The van der Waals surface area contributed by atoms with Crippen LogP contribution < -0.4 is 5.73 Å². The number of likely N-dealkylation sites (N-methyl/N-ethyl adjacent to an activating group) is 1. The van der Waals surface area contributed by atoms with Crippen molar-refractivity contribution in [2.75, 3.05) is 13.6 Å². The second-order valence-electron chi connectivity index (χ2n) is 4.83. The van der Waals surface area contributed by atoms with Gasteiger partial charge in [0.25, 0.3) is 0 Å². The van der Waals surface area contributed by atoms with Crippen LogP contribution in [-0.4, -0.2) is 18.5 Å². The van der Waals surface area contributed by atoms with Gasteiger partial charge in [-0.1, -0.05) is 36.4 Å². The van der Waals surface area contributed by atoms with Gasteiger partial charge >= 0.3 is 0 Å². The lowest BCUT2D eigenvalue weighted by atomic mass is 10.0. The molecule has 0 fully saturated rings. The molecule has 0 aliphatic rings. The van der Waals surface area contributed by atoms with Gasteiger partial charge in [-0.25, -0.2) is 8.78 Å². The van der Waals surface area contributed by atoms with Gasteiger partial charge in [-0.2, -0.15) is 0 Å². The van der Waals surface area contributed by atoms with Crippen LogP contribution in [0.5, 0.6) is 0 Å². The van der Waals surface area contributed by atoms with Gasteiger partial charge in [0.05, 0.1) is 0 Å². The molecule has 0 amide bonds. The van der Waals surface area contributed by atoms with E-state index >= 15 is 0 Å². The van der Waals surface area contributed by atoms with Crippen LogP contribution in [0.3, 0.4) is 0 Å². The van der Waals surface area contributed by atoms with Crippen molar-refractivity contribution in [2.24, 2.45) is 5.73 Å². The molecule has 0 bridgehead atoms. The smallest absolute Gasteiger partial charge is 0.159 e. The quantitative estimate of drug-likeness (QED) is 0.909. The van der Waals surface area contributed by atoms with E-state index in [-0.39, 0.29) is 6.04 Å². The van der Waals surface area contributed by atoms with Gasteiger partial charge in [0.2, 0.25) is 0 Å². The highest BCUT2D eigenvalue weighted by Gasteiger charge is 2.17. The van der Waals surface area contributed by atoms with Gasteiger partial charge in [-0.05, 0) is 30.3 Å². The van der Waals surface area contributed by atoms with Crippen LogP contribution in [0.1, 0.15) is 17.2 Å². The van der Waals surface area contributed by atoms with Gasteiger partial charge in [-0.15, -0.1) is 0 Å². The first-order chi connectivity index (χ1) is 9.61. The molecule has 2 aromatic rings. The minimum absolute atomic E-state index is 0.148. The van der Waals surface area contributed by atoms with Crippen molar-refractivity contribution in [3.05, 3.63) is 71.3 Å². The summed E-state index contributed by atoms with van der Waals surface area (Å²) in [7, 11) is 1.92. The number of hydrogen-bond donors (Lipinski definition) is 1.